The third kappa shape index (κ3) is 6.10. The van der Waals surface area contributed by atoms with Crippen molar-refractivity contribution < 1.29 is 14.3 Å². The van der Waals surface area contributed by atoms with Gasteiger partial charge in [0.2, 0.25) is 5.91 Å². The van der Waals surface area contributed by atoms with E-state index in [4.69, 9.17) is 4.74 Å². The van der Waals surface area contributed by atoms with Crippen LogP contribution >= 0.6 is 0 Å². The first-order chi connectivity index (χ1) is 15.6. The molecule has 0 bridgehead atoms. The number of hydrogen-bond acceptors (Lipinski definition) is 3. The molecule has 1 N–H and O–H groups in total. The van der Waals surface area contributed by atoms with Gasteiger partial charge in [-0.1, -0.05) is 87.0 Å². The number of hydrogen-bond donors (Lipinski definition) is 1. The first kappa shape index (κ1) is 23.3. The number of carbonyl (C=O) groups excluding carboxylic acids is 2. The number of ether oxygens (including phenoxy) is 1. The van der Waals surface area contributed by atoms with Gasteiger partial charge in [-0.3, -0.25) is 9.59 Å². The van der Waals surface area contributed by atoms with E-state index in [-0.39, 0.29) is 18.4 Å². The number of fused-ring (bicyclic) bond motifs is 1. The molecule has 168 valence electrons. The van der Waals surface area contributed by atoms with Gasteiger partial charge in [-0.15, -0.1) is 0 Å². The van der Waals surface area contributed by atoms with Gasteiger partial charge in [-0.2, -0.15) is 0 Å². The Morgan fingerprint density at radius 2 is 1.66 bits per heavy atom. The second kappa shape index (κ2) is 11.9. The molecule has 0 heterocycles. The van der Waals surface area contributed by atoms with Crippen LogP contribution in [0.3, 0.4) is 0 Å². The van der Waals surface area contributed by atoms with Crippen molar-refractivity contribution in [2.75, 3.05) is 13.2 Å². The van der Waals surface area contributed by atoms with E-state index < -0.39 is 6.04 Å². The van der Waals surface area contributed by atoms with Crippen LogP contribution in [0.2, 0.25) is 0 Å². The highest BCUT2D eigenvalue weighted by molar-refractivity contribution is 5.90. The van der Waals surface area contributed by atoms with E-state index in [9.17, 15) is 9.59 Å². The van der Waals surface area contributed by atoms with E-state index in [1.165, 1.54) is 0 Å². The van der Waals surface area contributed by atoms with E-state index in [2.05, 4.69) is 12.2 Å². The lowest BCUT2D eigenvalue weighted by atomic mass is 10.1. The predicted octanol–water partition coefficient (Wildman–Crippen LogP) is 4.94. The molecular weight excluding hydrogens is 400 g/mol. The smallest absolute Gasteiger partial charge is 0.261 e. The molecule has 3 aromatic rings. The van der Waals surface area contributed by atoms with Gasteiger partial charge < -0.3 is 15.0 Å². The fraction of sp³-hybridized carbons (Fsp3) is 0.333. The molecule has 0 aliphatic heterocycles. The SMILES string of the molecule is CCCCNC(=O)C(CC)N(Cc1ccccc1)C(=O)COc1cccc2ccccc12. The van der Waals surface area contributed by atoms with Gasteiger partial charge in [0, 0.05) is 18.5 Å². The molecule has 0 spiro atoms. The van der Waals surface area contributed by atoms with E-state index in [1.54, 1.807) is 4.90 Å². The zero-order valence-corrected chi connectivity index (χ0v) is 18.9. The van der Waals surface area contributed by atoms with Crippen LogP contribution in [0.15, 0.2) is 72.8 Å². The van der Waals surface area contributed by atoms with Crippen LogP contribution in [0.25, 0.3) is 10.8 Å². The van der Waals surface area contributed by atoms with Crippen LogP contribution in [-0.4, -0.2) is 35.9 Å². The first-order valence-electron chi connectivity index (χ1n) is 11.4. The largest absolute Gasteiger partial charge is 0.483 e. The standard InChI is InChI=1S/C27H32N2O3/c1-3-5-18-28-27(31)24(4-2)29(19-21-12-7-6-8-13-21)26(30)20-32-25-17-11-15-22-14-9-10-16-23(22)25/h6-17,24H,3-5,18-20H2,1-2H3,(H,28,31). The summed E-state index contributed by atoms with van der Waals surface area (Å²) >= 11 is 0. The van der Waals surface area contributed by atoms with Gasteiger partial charge in [-0.05, 0) is 29.9 Å². The maximum atomic E-state index is 13.3. The van der Waals surface area contributed by atoms with Gasteiger partial charge in [0.15, 0.2) is 6.61 Å². The summed E-state index contributed by atoms with van der Waals surface area (Å²) < 4.78 is 5.95. The molecular formula is C27H32N2O3. The second-order valence-electron chi connectivity index (χ2n) is 7.84. The van der Waals surface area contributed by atoms with Gasteiger partial charge in [0.25, 0.3) is 5.91 Å². The maximum absolute atomic E-state index is 13.3. The molecule has 5 nitrogen and oxygen atoms in total. The van der Waals surface area contributed by atoms with Gasteiger partial charge in [0.05, 0.1) is 0 Å². The van der Waals surface area contributed by atoms with Crippen molar-refractivity contribution in [3.05, 3.63) is 78.4 Å². The third-order valence-electron chi connectivity index (χ3n) is 5.51. The molecule has 0 aliphatic carbocycles. The van der Waals surface area contributed by atoms with E-state index in [0.717, 1.165) is 29.2 Å². The highest BCUT2D eigenvalue weighted by atomic mass is 16.5. The Kier molecular flexibility index (Phi) is 8.67. The Morgan fingerprint density at radius 1 is 0.938 bits per heavy atom. The molecule has 32 heavy (non-hydrogen) atoms. The minimum Gasteiger partial charge on any atom is -0.483 e. The van der Waals surface area contributed by atoms with Crippen molar-refractivity contribution in [3.63, 3.8) is 0 Å². The van der Waals surface area contributed by atoms with Crippen LogP contribution in [0, 0.1) is 0 Å². The summed E-state index contributed by atoms with van der Waals surface area (Å²) in [5, 5.41) is 5.00. The Balaban J connectivity index is 1.78. The zero-order valence-electron chi connectivity index (χ0n) is 18.9. The summed E-state index contributed by atoms with van der Waals surface area (Å²) in [6.45, 7) is 4.86. The Labute approximate surface area is 190 Å². The molecule has 5 heteroatoms. The Hall–Kier alpha value is -3.34. The monoisotopic (exact) mass is 432 g/mol. The number of carbonyl (C=O) groups is 2. The Morgan fingerprint density at radius 3 is 2.41 bits per heavy atom. The quantitative estimate of drug-likeness (QED) is 0.437. The number of amides is 2. The van der Waals surface area contributed by atoms with Crippen molar-refractivity contribution >= 4 is 22.6 Å². The third-order valence-corrected chi connectivity index (χ3v) is 5.51. The van der Waals surface area contributed by atoms with Crippen LogP contribution in [0.5, 0.6) is 5.75 Å². The average molecular weight is 433 g/mol. The minimum absolute atomic E-state index is 0.115. The maximum Gasteiger partial charge on any atom is 0.261 e. The summed E-state index contributed by atoms with van der Waals surface area (Å²) in [4.78, 5) is 27.8. The van der Waals surface area contributed by atoms with Gasteiger partial charge in [0.1, 0.15) is 11.8 Å². The number of nitrogens with zero attached hydrogens (tertiary/aromatic N) is 1. The minimum atomic E-state index is -0.546. The molecule has 3 rings (SSSR count). The zero-order chi connectivity index (χ0) is 22.8. The number of rotatable bonds is 11. The van der Waals surface area contributed by atoms with Crippen molar-refractivity contribution in [2.45, 2.75) is 45.7 Å². The summed E-state index contributed by atoms with van der Waals surface area (Å²) in [5.74, 6) is 0.339. The lowest BCUT2D eigenvalue weighted by molar-refractivity contribution is -0.142. The van der Waals surface area contributed by atoms with Crippen LogP contribution in [0.1, 0.15) is 38.7 Å². The van der Waals surface area contributed by atoms with E-state index in [1.807, 2.05) is 79.7 Å². The molecule has 1 atom stereocenters. The van der Waals surface area contributed by atoms with Crippen molar-refractivity contribution in [1.82, 2.24) is 10.2 Å². The fourth-order valence-corrected chi connectivity index (χ4v) is 3.75. The molecule has 0 aromatic heterocycles. The van der Waals surface area contributed by atoms with Crippen LogP contribution < -0.4 is 10.1 Å². The van der Waals surface area contributed by atoms with Crippen LogP contribution in [-0.2, 0) is 16.1 Å². The molecule has 2 amide bonds. The molecule has 0 radical (unpaired) electrons. The van der Waals surface area contributed by atoms with Gasteiger partial charge in [-0.25, -0.2) is 0 Å². The highest BCUT2D eigenvalue weighted by Crippen LogP contribution is 2.25. The van der Waals surface area contributed by atoms with E-state index in [0.29, 0.717) is 25.3 Å². The summed E-state index contributed by atoms with van der Waals surface area (Å²) in [5.41, 5.74) is 0.978. The Bertz CT molecular complexity index is 1010. The van der Waals surface area contributed by atoms with Crippen molar-refractivity contribution in [2.24, 2.45) is 0 Å². The van der Waals surface area contributed by atoms with Crippen molar-refractivity contribution in [1.29, 1.82) is 0 Å². The highest BCUT2D eigenvalue weighted by Gasteiger charge is 2.28. The van der Waals surface area contributed by atoms with E-state index >= 15 is 0 Å². The predicted molar refractivity (Wildman–Crippen MR) is 128 cm³/mol. The number of unbranched alkanes of at least 4 members (excludes halogenated alkanes) is 1. The van der Waals surface area contributed by atoms with Crippen molar-refractivity contribution in [3.8, 4) is 5.75 Å². The molecule has 0 saturated carbocycles. The summed E-state index contributed by atoms with van der Waals surface area (Å²) in [7, 11) is 0. The second-order valence-corrected chi connectivity index (χ2v) is 7.84. The van der Waals surface area contributed by atoms with Crippen LogP contribution in [0.4, 0.5) is 0 Å². The molecule has 3 aromatic carbocycles. The topological polar surface area (TPSA) is 58.6 Å². The lowest BCUT2D eigenvalue weighted by Gasteiger charge is -2.30. The number of nitrogens with one attached hydrogen (secondary N) is 1. The lowest BCUT2D eigenvalue weighted by Crippen LogP contribution is -2.50. The normalized spacial score (nSPS) is 11.7. The first-order valence-corrected chi connectivity index (χ1v) is 11.4. The summed E-state index contributed by atoms with van der Waals surface area (Å²) in [6, 6.07) is 22.9. The number of benzene rings is 3. The molecule has 0 fully saturated rings. The fourth-order valence-electron chi connectivity index (χ4n) is 3.75. The molecule has 0 saturated heterocycles. The molecule has 0 aliphatic rings. The summed E-state index contributed by atoms with van der Waals surface area (Å²) in [6.07, 6.45) is 2.45. The average Bonchev–Trinajstić information content (AvgIpc) is 2.83. The van der Waals surface area contributed by atoms with Gasteiger partial charge >= 0.3 is 0 Å². The molecule has 1 unspecified atom stereocenters.